The molecule has 2 aliphatic rings. The summed E-state index contributed by atoms with van der Waals surface area (Å²) in [6.45, 7) is 7.01. The third-order valence-electron chi connectivity index (χ3n) is 3.50. The van der Waals surface area contributed by atoms with E-state index in [1.807, 2.05) is 20.8 Å². The first-order valence-corrected chi connectivity index (χ1v) is 6.48. The predicted octanol–water partition coefficient (Wildman–Crippen LogP) is 2.66. The summed E-state index contributed by atoms with van der Waals surface area (Å²) >= 11 is 5.76. The van der Waals surface area contributed by atoms with Gasteiger partial charge in [0, 0.05) is 24.4 Å². The first kappa shape index (κ1) is 13.5. The van der Waals surface area contributed by atoms with Crippen molar-refractivity contribution in [3.05, 3.63) is 0 Å². The number of carbonyl (C=O) groups is 1. The van der Waals surface area contributed by atoms with Gasteiger partial charge in [-0.3, -0.25) is 0 Å². The Morgan fingerprint density at radius 1 is 1.44 bits per heavy atom. The van der Waals surface area contributed by atoms with Crippen molar-refractivity contribution in [2.24, 2.45) is 16.5 Å². The Balaban J connectivity index is 1.77. The highest BCUT2D eigenvalue weighted by Crippen LogP contribution is 2.52. The number of amides is 1. The van der Waals surface area contributed by atoms with E-state index in [0.717, 1.165) is 12.8 Å². The third-order valence-corrected chi connectivity index (χ3v) is 3.88. The van der Waals surface area contributed by atoms with Gasteiger partial charge in [-0.1, -0.05) is 16.8 Å². The second-order valence-corrected chi connectivity index (χ2v) is 6.75. The largest absolute Gasteiger partial charge is 0.444 e. The molecule has 0 aromatic carbocycles. The fraction of sp³-hybridized carbons (Fsp3) is 0.833. The Hall–Kier alpha value is -0.970. The number of hydrogen-bond donors (Lipinski definition) is 1. The molecule has 1 saturated carbocycles. The highest BCUT2D eigenvalue weighted by atomic mass is 35.5. The van der Waals surface area contributed by atoms with Crippen LogP contribution in [0.2, 0.25) is 0 Å². The van der Waals surface area contributed by atoms with Crippen molar-refractivity contribution in [3.8, 4) is 0 Å². The summed E-state index contributed by atoms with van der Waals surface area (Å²) in [4.78, 5) is 13.5. The van der Waals surface area contributed by atoms with Crippen LogP contribution >= 0.6 is 11.6 Å². The molecular formula is C12H19ClN2O3. The monoisotopic (exact) mass is 274 g/mol. The van der Waals surface area contributed by atoms with E-state index in [0.29, 0.717) is 13.1 Å². The molecule has 102 valence electrons. The number of carbonyl (C=O) groups excluding carboxylic acids is 1. The van der Waals surface area contributed by atoms with Crippen LogP contribution in [-0.4, -0.2) is 40.1 Å². The number of rotatable bonds is 1. The van der Waals surface area contributed by atoms with E-state index in [2.05, 4.69) is 5.16 Å². The van der Waals surface area contributed by atoms with E-state index in [4.69, 9.17) is 21.5 Å². The van der Waals surface area contributed by atoms with Gasteiger partial charge >= 0.3 is 6.09 Å². The molecule has 1 aliphatic heterocycles. The topological polar surface area (TPSA) is 62.1 Å². The lowest BCUT2D eigenvalue weighted by Gasteiger charge is -2.58. The van der Waals surface area contributed by atoms with Crippen LogP contribution in [0.15, 0.2) is 5.16 Å². The zero-order chi connectivity index (χ0) is 13.6. The molecule has 0 aromatic rings. The molecule has 2 rings (SSSR count). The average molecular weight is 275 g/mol. The number of hydrogen-bond acceptors (Lipinski definition) is 4. The quantitative estimate of drug-likeness (QED) is 0.454. The second kappa shape index (κ2) is 4.30. The van der Waals surface area contributed by atoms with Gasteiger partial charge in [0.1, 0.15) is 10.8 Å². The highest BCUT2D eigenvalue weighted by molar-refractivity contribution is 6.65. The fourth-order valence-electron chi connectivity index (χ4n) is 2.71. The molecule has 2 fully saturated rings. The van der Waals surface area contributed by atoms with Crippen LogP contribution in [0.25, 0.3) is 0 Å². The molecular weight excluding hydrogens is 256 g/mol. The highest BCUT2D eigenvalue weighted by Gasteiger charge is 2.55. The van der Waals surface area contributed by atoms with Crippen LogP contribution in [0.3, 0.4) is 0 Å². The molecule has 0 radical (unpaired) electrons. The third kappa shape index (κ3) is 2.55. The summed E-state index contributed by atoms with van der Waals surface area (Å²) in [6, 6.07) is 0. The minimum Gasteiger partial charge on any atom is -0.444 e. The minimum absolute atomic E-state index is 0.150. The van der Waals surface area contributed by atoms with E-state index >= 15 is 0 Å². The molecule has 0 unspecified atom stereocenters. The summed E-state index contributed by atoms with van der Waals surface area (Å²) in [5, 5.41) is 11.9. The predicted molar refractivity (Wildman–Crippen MR) is 68.0 cm³/mol. The Kier molecular flexibility index (Phi) is 3.21. The van der Waals surface area contributed by atoms with Crippen molar-refractivity contribution in [1.82, 2.24) is 4.90 Å². The molecule has 0 atom stereocenters. The summed E-state index contributed by atoms with van der Waals surface area (Å²) < 4.78 is 5.30. The van der Waals surface area contributed by atoms with Gasteiger partial charge in [-0.05, 0) is 33.6 Å². The first-order valence-electron chi connectivity index (χ1n) is 6.10. The van der Waals surface area contributed by atoms with E-state index in [1.54, 1.807) is 4.90 Å². The molecule has 1 saturated heterocycles. The van der Waals surface area contributed by atoms with Crippen LogP contribution in [0.4, 0.5) is 4.79 Å². The minimum atomic E-state index is -0.450. The van der Waals surface area contributed by atoms with Gasteiger partial charge in [-0.2, -0.15) is 0 Å². The van der Waals surface area contributed by atoms with E-state index in [9.17, 15) is 4.79 Å². The standard InChI is InChI=1S/C12H19ClN2O3/c1-11(2,3)18-10(16)15-6-12(7-15)4-8(5-12)9(13)14-17/h8,17H,4-7H2,1-3H3/b14-9-. The summed E-state index contributed by atoms with van der Waals surface area (Å²) in [5.41, 5.74) is -0.277. The van der Waals surface area contributed by atoms with Gasteiger partial charge < -0.3 is 14.8 Å². The summed E-state index contributed by atoms with van der Waals surface area (Å²) in [6.07, 6.45) is 1.52. The van der Waals surface area contributed by atoms with Gasteiger partial charge in [-0.25, -0.2) is 4.79 Å². The van der Waals surface area contributed by atoms with Crippen LogP contribution < -0.4 is 0 Å². The maximum Gasteiger partial charge on any atom is 0.410 e. The van der Waals surface area contributed by atoms with Crippen molar-refractivity contribution in [1.29, 1.82) is 0 Å². The maximum absolute atomic E-state index is 11.8. The molecule has 1 spiro atoms. The number of ether oxygens (including phenoxy) is 1. The van der Waals surface area contributed by atoms with Crippen LogP contribution in [0, 0.1) is 11.3 Å². The SMILES string of the molecule is CC(C)(C)OC(=O)N1CC2(CC(/C(Cl)=N/O)C2)C1. The molecule has 1 heterocycles. The van der Waals surface area contributed by atoms with Crippen molar-refractivity contribution in [3.63, 3.8) is 0 Å². The number of oxime groups is 1. The van der Waals surface area contributed by atoms with Crippen molar-refractivity contribution in [2.45, 2.75) is 39.2 Å². The van der Waals surface area contributed by atoms with Crippen molar-refractivity contribution >= 4 is 22.9 Å². The van der Waals surface area contributed by atoms with Gasteiger partial charge in [0.2, 0.25) is 0 Å². The van der Waals surface area contributed by atoms with Crippen LogP contribution in [0.1, 0.15) is 33.6 Å². The molecule has 18 heavy (non-hydrogen) atoms. The molecule has 0 aromatic heterocycles. The lowest BCUT2D eigenvalue weighted by molar-refractivity contribution is -0.0812. The molecule has 0 bridgehead atoms. The summed E-state index contributed by atoms with van der Waals surface area (Å²) in [5.74, 6) is 0.150. The Morgan fingerprint density at radius 2 is 2.00 bits per heavy atom. The van der Waals surface area contributed by atoms with E-state index in [-0.39, 0.29) is 22.6 Å². The van der Waals surface area contributed by atoms with E-state index in [1.165, 1.54) is 0 Å². The fourth-order valence-corrected chi connectivity index (χ4v) is 2.87. The Morgan fingerprint density at radius 3 is 2.44 bits per heavy atom. The average Bonchev–Trinajstić information content (AvgIpc) is 2.09. The van der Waals surface area contributed by atoms with Crippen molar-refractivity contribution < 1.29 is 14.7 Å². The zero-order valence-electron chi connectivity index (χ0n) is 10.9. The van der Waals surface area contributed by atoms with Gasteiger partial charge in [0.25, 0.3) is 0 Å². The maximum atomic E-state index is 11.8. The number of nitrogens with zero attached hydrogens (tertiary/aromatic N) is 2. The number of likely N-dealkylation sites (tertiary alicyclic amines) is 1. The van der Waals surface area contributed by atoms with Crippen molar-refractivity contribution in [2.75, 3.05) is 13.1 Å². The van der Waals surface area contributed by atoms with Gasteiger partial charge in [0.05, 0.1) is 0 Å². The molecule has 1 amide bonds. The number of halogens is 1. The summed E-state index contributed by atoms with van der Waals surface area (Å²) in [7, 11) is 0. The molecule has 1 aliphatic carbocycles. The van der Waals surface area contributed by atoms with Crippen LogP contribution in [0.5, 0.6) is 0 Å². The normalized spacial score (nSPS) is 23.6. The Bertz CT molecular complexity index is 375. The Labute approximate surface area is 112 Å². The lowest BCUT2D eigenvalue weighted by atomic mass is 9.58. The van der Waals surface area contributed by atoms with E-state index < -0.39 is 5.60 Å². The van der Waals surface area contributed by atoms with Gasteiger partial charge in [0.15, 0.2) is 0 Å². The van der Waals surface area contributed by atoms with Gasteiger partial charge in [-0.15, -0.1) is 0 Å². The molecule has 1 N–H and O–H groups in total. The smallest absolute Gasteiger partial charge is 0.410 e. The molecule has 6 heteroatoms. The second-order valence-electron chi connectivity index (χ2n) is 6.36. The molecule has 5 nitrogen and oxygen atoms in total. The van der Waals surface area contributed by atoms with Crippen LogP contribution in [-0.2, 0) is 4.74 Å². The first-order chi connectivity index (χ1) is 8.25. The lowest BCUT2D eigenvalue weighted by Crippen LogP contribution is -2.64. The zero-order valence-corrected chi connectivity index (χ0v) is 11.7.